The average molecular weight is 282 g/mol. The Balaban J connectivity index is 0. The molecule has 0 unspecified atom stereocenters. The molecule has 0 heterocycles. The van der Waals surface area contributed by atoms with Crippen LogP contribution < -0.4 is 5.06 Å². The molecule has 6 N–H and O–H groups in total. The van der Waals surface area contributed by atoms with Crippen molar-refractivity contribution in [2.24, 2.45) is 0 Å². The lowest BCUT2D eigenvalue weighted by Gasteiger charge is -2.18. The summed E-state index contributed by atoms with van der Waals surface area (Å²) in [4.78, 5) is 30.5. The molecule has 19 heavy (non-hydrogen) atoms. The molecule has 0 aromatic rings. The first-order valence-corrected chi connectivity index (χ1v) is 5.52. The van der Waals surface area contributed by atoms with Gasteiger partial charge in [0.15, 0.2) is 5.60 Å². The summed E-state index contributed by atoms with van der Waals surface area (Å²) in [6.07, 6.45) is -2.29. The normalized spacial score (nSPS) is 10.6. The molecule has 0 aliphatic heterocycles. The average Bonchev–Trinajstić information content (AvgIpc) is 2.26. The molecule has 0 radical (unpaired) electrons. The Morgan fingerprint density at radius 3 is 1.37 bits per heavy atom. The Kier molecular flexibility index (Phi) is 9.56. The molecule has 0 fully saturated rings. The zero-order valence-corrected chi connectivity index (χ0v) is 10.8. The van der Waals surface area contributed by atoms with Crippen molar-refractivity contribution in [1.29, 1.82) is 0 Å². The standard InChI is InChI=1S/C6H8O7.C4H11NO/c7-3(8)1-6(13,5(11)12)2-4(9)10;1-3-5(6)4-2/h13H,1-2H2,(H,7,8)(H,9,10)(H,11,12);6H,3-4H2,1-2H3/p+1. The number of rotatable bonds is 7. The Bertz CT molecular complexity index is 297. The fraction of sp³-hybridized carbons (Fsp3) is 0.700. The second-order valence-corrected chi connectivity index (χ2v) is 3.75. The third-order valence-corrected chi connectivity index (χ3v) is 2.10. The van der Waals surface area contributed by atoms with Crippen LogP contribution >= 0.6 is 0 Å². The summed E-state index contributed by atoms with van der Waals surface area (Å²) >= 11 is 0. The minimum atomic E-state index is -2.74. The van der Waals surface area contributed by atoms with E-state index < -0.39 is 36.4 Å². The molecule has 0 spiro atoms. The van der Waals surface area contributed by atoms with Crippen LogP contribution in [0.3, 0.4) is 0 Å². The molecule has 0 saturated carbocycles. The van der Waals surface area contributed by atoms with Gasteiger partial charge in [0.05, 0.1) is 12.8 Å². The number of hydrogen-bond acceptors (Lipinski definition) is 5. The highest BCUT2D eigenvalue weighted by molar-refractivity contribution is 5.88. The molecule has 0 bridgehead atoms. The lowest BCUT2D eigenvalue weighted by atomic mass is 9.96. The molecule has 0 aromatic heterocycles. The molecule has 0 aliphatic rings. The van der Waals surface area contributed by atoms with Crippen molar-refractivity contribution in [3.63, 3.8) is 0 Å². The van der Waals surface area contributed by atoms with Gasteiger partial charge in [0, 0.05) is 0 Å². The lowest BCUT2D eigenvalue weighted by molar-refractivity contribution is -1.08. The van der Waals surface area contributed by atoms with E-state index in [0.717, 1.165) is 13.1 Å². The highest BCUT2D eigenvalue weighted by atomic mass is 16.5. The zero-order chi connectivity index (χ0) is 15.6. The predicted octanol–water partition coefficient (Wildman–Crippen LogP) is -1.95. The highest BCUT2D eigenvalue weighted by Gasteiger charge is 2.40. The van der Waals surface area contributed by atoms with Crippen molar-refractivity contribution in [1.82, 2.24) is 0 Å². The molecule has 0 amide bonds. The van der Waals surface area contributed by atoms with Gasteiger partial charge in [0.1, 0.15) is 13.1 Å². The summed E-state index contributed by atoms with van der Waals surface area (Å²) in [5, 5.41) is 43.0. The van der Waals surface area contributed by atoms with Crippen LogP contribution in [0.15, 0.2) is 0 Å². The van der Waals surface area contributed by atoms with E-state index >= 15 is 0 Å². The van der Waals surface area contributed by atoms with Crippen LogP contribution in [-0.2, 0) is 14.4 Å². The lowest BCUT2D eigenvalue weighted by Crippen LogP contribution is -3.08. The van der Waals surface area contributed by atoms with Crippen LogP contribution in [0.5, 0.6) is 0 Å². The summed E-state index contributed by atoms with van der Waals surface area (Å²) in [5.74, 6) is -5.02. The smallest absolute Gasteiger partial charge is 0.336 e. The first kappa shape index (κ1) is 19.6. The Morgan fingerprint density at radius 1 is 0.947 bits per heavy atom. The highest BCUT2D eigenvalue weighted by Crippen LogP contribution is 2.15. The molecule has 0 aliphatic carbocycles. The largest absolute Gasteiger partial charge is 0.481 e. The van der Waals surface area contributed by atoms with E-state index in [1.54, 1.807) is 0 Å². The Labute approximate surface area is 109 Å². The monoisotopic (exact) mass is 282 g/mol. The molecule has 112 valence electrons. The van der Waals surface area contributed by atoms with Crippen molar-refractivity contribution in [3.8, 4) is 0 Å². The summed E-state index contributed by atoms with van der Waals surface area (Å²) < 4.78 is 0. The SMILES string of the molecule is CC[NH+](O)CC.O=C(O)CC(O)(CC(=O)O)C(=O)O. The molecular weight excluding hydrogens is 262 g/mol. The van der Waals surface area contributed by atoms with Crippen molar-refractivity contribution >= 4 is 17.9 Å². The zero-order valence-electron chi connectivity index (χ0n) is 10.8. The third-order valence-electron chi connectivity index (χ3n) is 2.10. The Morgan fingerprint density at radius 2 is 1.26 bits per heavy atom. The van der Waals surface area contributed by atoms with Gasteiger partial charge in [-0.25, -0.2) is 10.0 Å². The van der Waals surface area contributed by atoms with Crippen molar-refractivity contribution in [2.45, 2.75) is 32.3 Å². The van der Waals surface area contributed by atoms with Gasteiger partial charge in [-0.05, 0) is 13.8 Å². The van der Waals surface area contributed by atoms with Gasteiger partial charge in [-0.2, -0.15) is 5.06 Å². The summed E-state index contributed by atoms with van der Waals surface area (Å²) in [6.45, 7) is 5.49. The van der Waals surface area contributed by atoms with E-state index in [4.69, 9.17) is 25.6 Å². The molecule has 9 heteroatoms. The quantitative estimate of drug-likeness (QED) is 0.294. The number of quaternary nitrogens is 1. The van der Waals surface area contributed by atoms with Gasteiger partial charge in [-0.15, -0.1) is 0 Å². The van der Waals surface area contributed by atoms with E-state index in [-0.39, 0.29) is 0 Å². The van der Waals surface area contributed by atoms with E-state index in [9.17, 15) is 14.4 Å². The van der Waals surface area contributed by atoms with E-state index in [1.165, 1.54) is 0 Å². The number of carboxylic acid groups (broad SMARTS) is 3. The van der Waals surface area contributed by atoms with Crippen LogP contribution in [0.4, 0.5) is 0 Å². The minimum Gasteiger partial charge on any atom is -0.481 e. The molecule has 0 rings (SSSR count). The van der Waals surface area contributed by atoms with E-state index in [1.807, 2.05) is 13.8 Å². The summed E-state index contributed by atoms with van der Waals surface area (Å²) in [5.41, 5.74) is -2.74. The number of carboxylic acids is 3. The number of aliphatic carboxylic acids is 3. The maximum absolute atomic E-state index is 10.3. The van der Waals surface area contributed by atoms with Crippen molar-refractivity contribution in [3.05, 3.63) is 0 Å². The maximum Gasteiger partial charge on any atom is 0.336 e. The predicted molar refractivity (Wildman–Crippen MR) is 60.9 cm³/mol. The molecule has 0 atom stereocenters. The number of hydrogen-bond donors (Lipinski definition) is 6. The number of nitrogens with one attached hydrogen (secondary N) is 1. The first-order chi connectivity index (χ1) is 8.58. The van der Waals surface area contributed by atoms with E-state index in [2.05, 4.69) is 0 Å². The first-order valence-electron chi connectivity index (χ1n) is 5.52. The van der Waals surface area contributed by atoms with Crippen molar-refractivity contribution in [2.75, 3.05) is 13.1 Å². The summed E-state index contributed by atoms with van der Waals surface area (Å²) in [7, 11) is 0. The molecule has 9 nitrogen and oxygen atoms in total. The molecular formula is C10H20NO8+. The molecule has 0 saturated heterocycles. The topological polar surface area (TPSA) is 157 Å². The fourth-order valence-corrected chi connectivity index (χ4v) is 0.964. The second-order valence-electron chi connectivity index (χ2n) is 3.75. The maximum atomic E-state index is 10.3. The Hall–Kier alpha value is -1.71. The van der Waals surface area contributed by atoms with Crippen LogP contribution in [0, 0.1) is 0 Å². The van der Waals surface area contributed by atoms with Gasteiger partial charge in [-0.3, -0.25) is 9.59 Å². The van der Waals surface area contributed by atoms with Crippen molar-refractivity contribution < 1.29 is 45.1 Å². The van der Waals surface area contributed by atoms with Crippen LogP contribution in [0.25, 0.3) is 0 Å². The number of hydroxylamine groups is 2. The van der Waals surface area contributed by atoms with Gasteiger partial charge in [0.2, 0.25) is 0 Å². The van der Waals surface area contributed by atoms with Crippen LogP contribution in [0.2, 0.25) is 0 Å². The van der Waals surface area contributed by atoms with Gasteiger partial charge >= 0.3 is 17.9 Å². The number of carbonyl (C=O) groups is 3. The van der Waals surface area contributed by atoms with Crippen LogP contribution in [0.1, 0.15) is 26.7 Å². The fourth-order valence-electron chi connectivity index (χ4n) is 0.964. The molecule has 0 aromatic carbocycles. The third kappa shape index (κ3) is 9.94. The van der Waals surface area contributed by atoms with Gasteiger partial charge in [0.25, 0.3) is 0 Å². The van der Waals surface area contributed by atoms with E-state index in [0.29, 0.717) is 5.06 Å². The minimum absolute atomic E-state index is 0.593. The number of aliphatic hydroxyl groups is 1. The summed E-state index contributed by atoms with van der Waals surface area (Å²) in [6, 6.07) is 0. The van der Waals surface area contributed by atoms with Gasteiger partial charge in [-0.1, -0.05) is 0 Å². The van der Waals surface area contributed by atoms with Gasteiger partial charge < -0.3 is 20.4 Å². The second kappa shape index (κ2) is 9.25. The van der Waals surface area contributed by atoms with Crippen LogP contribution in [-0.4, -0.2) is 62.2 Å².